The van der Waals surface area contributed by atoms with Gasteiger partial charge >= 0.3 is 0 Å². The van der Waals surface area contributed by atoms with E-state index in [1.54, 1.807) is 6.92 Å². The van der Waals surface area contributed by atoms with E-state index in [1.807, 2.05) is 0 Å². The Bertz CT molecular complexity index is 526. The summed E-state index contributed by atoms with van der Waals surface area (Å²) in [6.07, 6.45) is 0. The zero-order valence-electron chi connectivity index (χ0n) is 9.43. The van der Waals surface area contributed by atoms with Crippen molar-refractivity contribution in [3.05, 3.63) is 29.3 Å². The number of nitrogens with two attached hydrogens (primary N) is 2. The maximum Gasteiger partial charge on any atom is 0.249 e. The van der Waals surface area contributed by atoms with Gasteiger partial charge in [0.1, 0.15) is 0 Å². The lowest BCUT2D eigenvalue weighted by Gasteiger charge is -2.08. The molecule has 5 N–H and O–H groups in total. The molecular formula is C10H15N3O3S. The van der Waals surface area contributed by atoms with Crippen molar-refractivity contribution in [2.75, 3.05) is 13.1 Å². The van der Waals surface area contributed by atoms with E-state index < -0.39 is 15.9 Å². The zero-order valence-corrected chi connectivity index (χ0v) is 10.3. The van der Waals surface area contributed by atoms with Crippen LogP contribution in [0.5, 0.6) is 0 Å². The zero-order chi connectivity index (χ0) is 13.1. The quantitative estimate of drug-likeness (QED) is 0.648. The number of rotatable bonds is 5. The third-order valence-corrected chi connectivity index (χ3v) is 3.68. The summed E-state index contributed by atoms with van der Waals surface area (Å²) in [7, 11) is -3.63. The van der Waals surface area contributed by atoms with Crippen LogP contribution in [-0.4, -0.2) is 27.4 Å². The highest BCUT2D eigenvalue weighted by Crippen LogP contribution is 2.14. The minimum atomic E-state index is -3.63. The molecule has 0 aliphatic heterocycles. The van der Waals surface area contributed by atoms with Crippen molar-refractivity contribution >= 4 is 15.9 Å². The lowest BCUT2D eigenvalue weighted by Crippen LogP contribution is -2.29. The number of carbonyl (C=O) groups is 1. The third-order valence-electron chi connectivity index (χ3n) is 2.22. The molecule has 0 saturated heterocycles. The molecule has 1 aromatic carbocycles. The van der Waals surface area contributed by atoms with Gasteiger partial charge in [0.2, 0.25) is 15.9 Å². The Morgan fingerprint density at radius 1 is 1.41 bits per heavy atom. The molecule has 1 amide bonds. The van der Waals surface area contributed by atoms with Crippen LogP contribution in [0.3, 0.4) is 0 Å². The minimum absolute atomic E-state index is 0.00495. The summed E-state index contributed by atoms with van der Waals surface area (Å²) in [6, 6.07) is 4.22. The molecule has 0 bridgehead atoms. The lowest BCUT2D eigenvalue weighted by atomic mass is 10.1. The molecule has 0 spiro atoms. The maximum absolute atomic E-state index is 11.8. The summed E-state index contributed by atoms with van der Waals surface area (Å²) in [5, 5.41) is 0. The number of aryl methyl sites for hydroxylation is 1. The van der Waals surface area contributed by atoms with Gasteiger partial charge in [-0.3, -0.25) is 4.79 Å². The fourth-order valence-corrected chi connectivity index (χ4v) is 2.38. The molecule has 0 aromatic heterocycles. The highest BCUT2D eigenvalue weighted by atomic mass is 32.2. The first-order valence-electron chi connectivity index (χ1n) is 4.98. The third kappa shape index (κ3) is 3.26. The second kappa shape index (κ2) is 5.26. The van der Waals surface area contributed by atoms with Gasteiger partial charge in [-0.25, -0.2) is 13.1 Å². The average molecular weight is 257 g/mol. The molecular weight excluding hydrogens is 242 g/mol. The summed E-state index contributed by atoms with van der Waals surface area (Å²) >= 11 is 0. The predicted molar refractivity (Wildman–Crippen MR) is 63.9 cm³/mol. The first kappa shape index (κ1) is 13.6. The second-order valence-corrected chi connectivity index (χ2v) is 5.29. The fraction of sp³-hybridized carbons (Fsp3) is 0.300. The number of sulfonamides is 1. The number of amides is 1. The second-order valence-electron chi connectivity index (χ2n) is 3.53. The number of nitrogens with one attached hydrogen (secondary N) is 1. The normalized spacial score (nSPS) is 11.4. The summed E-state index contributed by atoms with van der Waals surface area (Å²) in [5.74, 6) is -0.654. The standard InChI is InChI=1S/C10H15N3O3S/c1-7-2-3-8(6-9(7)10(12)14)17(15,16)13-5-4-11/h2-3,6,13H,4-5,11H2,1H3,(H2,12,14). The van der Waals surface area contributed by atoms with Gasteiger partial charge in [0.25, 0.3) is 0 Å². The molecule has 7 heteroatoms. The summed E-state index contributed by atoms with van der Waals surface area (Å²) in [5.41, 5.74) is 11.2. The van der Waals surface area contributed by atoms with Gasteiger partial charge in [-0.1, -0.05) is 6.07 Å². The monoisotopic (exact) mass is 257 g/mol. The van der Waals surface area contributed by atoms with E-state index in [9.17, 15) is 13.2 Å². The Balaban J connectivity index is 3.16. The van der Waals surface area contributed by atoms with Crippen LogP contribution in [0.25, 0.3) is 0 Å². The van der Waals surface area contributed by atoms with E-state index in [0.29, 0.717) is 5.56 Å². The van der Waals surface area contributed by atoms with E-state index in [4.69, 9.17) is 11.5 Å². The molecule has 1 rings (SSSR count). The van der Waals surface area contributed by atoms with Crippen LogP contribution >= 0.6 is 0 Å². The largest absolute Gasteiger partial charge is 0.366 e. The van der Waals surface area contributed by atoms with Crippen molar-refractivity contribution in [1.82, 2.24) is 4.72 Å². The van der Waals surface area contributed by atoms with E-state index in [1.165, 1.54) is 18.2 Å². The SMILES string of the molecule is Cc1ccc(S(=O)(=O)NCCN)cc1C(N)=O. The van der Waals surface area contributed by atoms with Gasteiger partial charge in [-0.2, -0.15) is 0 Å². The van der Waals surface area contributed by atoms with Crippen molar-refractivity contribution in [2.24, 2.45) is 11.5 Å². The first-order chi connectivity index (χ1) is 7.88. The lowest BCUT2D eigenvalue weighted by molar-refractivity contribution is 0.0999. The Morgan fingerprint density at radius 2 is 2.06 bits per heavy atom. The topological polar surface area (TPSA) is 115 Å². The van der Waals surface area contributed by atoms with E-state index >= 15 is 0 Å². The molecule has 1 aromatic rings. The Morgan fingerprint density at radius 3 is 2.59 bits per heavy atom. The molecule has 0 fully saturated rings. The Kier molecular flexibility index (Phi) is 4.22. The summed E-state index contributed by atoms with van der Waals surface area (Å²) in [6.45, 7) is 2.03. The number of carbonyl (C=O) groups excluding carboxylic acids is 1. The van der Waals surface area contributed by atoms with Crippen LogP contribution in [-0.2, 0) is 10.0 Å². The molecule has 0 atom stereocenters. The summed E-state index contributed by atoms with van der Waals surface area (Å²) < 4.78 is 25.8. The van der Waals surface area contributed by atoms with Gasteiger partial charge in [-0.15, -0.1) is 0 Å². The van der Waals surface area contributed by atoms with Crippen molar-refractivity contribution in [2.45, 2.75) is 11.8 Å². The van der Waals surface area contributed by atoms with Crippen LogP contribution in [0.2, 0.25) is 0 Å². The maximum atomic E-state index is 11.8. The molecule has 0 aliphatic carbocycles. The van der Waals surface area contributed by atoms with Crippen LogP contribution in [0, 0.1) is 6.92 Å². The first-order valence-corrected chi connectivity index (χ1v) is 6.47. The molecule has 17 heavy (non-hydrogen) atoms. The van der Waals surface area contributed by atoms with Crippen molar-refractivity contribution in [1.29, 1.82) is 0 Å². The predicted octanol–water partition coefficient (Wildman–Crippen LogP) is -0.669. The van der Waals surface area contributed by atoms with Gasteiger partial charge in [0.05, 0.1) is 4.90 Å². The Hall–Kier alpha value is -1.44. The molecule has 6 nitrogen and oxygen atoms in total. The summed E-state index contributed by atoms with van der Waals surface area (Å²) in [4.78, 5) is 11.1. The van der Waals surface area contributed by atoms with E-state index in [-0.39, 0.29) is 23.5 Å². The highest BCUT2D eigenvalue weighted by Gasteiger charge is 2.16. The average Bonchev–Trinajstić information content (AvgIpc) is 2.26. The molecule has 0 aliphatic rings. The minimum Gasteiger partial charge on any atom is -0.366 e. The van der Waals surface area contributed by atoms with Crippen LogP contribution in [0.1, 0.15) is 15.9 Å². The van der Waals surface area contributed by atoms with Gasteiger partial charge < -0.3 is 11.5 Å². The number of hydrogen-bond donors (Lipinski definition) is 3. The van der Waals surface area contributed by atoms with E-state index in [0.717, 1.165) is 0 Å². The van der Waals surface area contributed by atoms with E-state index in [2.05, 4.69) is 4.72 Å². The fourth-order valence-electron chi connectivity index (χ4n) is 1.31. The molecule has 94 valence electrons. The molecule has 0 heterocycles. The number of hydrogen-bond acceptors (Lipinski definition) is 4. The van der Waals surface area contributed by atoms with Crippen molar-refractivity contribution < 1.29 is 13.2 Å². The van der Waals surface area contributed by atoms with Crippen molar-refractivity contribution in [3.63, 3.8) is 0 Å². The van der Waals surface area contributed by atoms with Crippen LogP contribution in [0.4, 0.5) is 0 Å². The van der Waals surface area contributed by atoms with Gasteiger partial charge in [0, 0.05) is 18.7 Å². The van der Waals surface area contributed by atoms with Crippen LogP contribution in [0.15, 0.2) is 23.1 Å². The number of primary amides is 1. The molecule has 0 radical (unpaired) electrons. The van der Waals surface area contributed by atoms with Crippen LogP contribution < -0.4 is 16.2 Å². The van der Waals surface area contributed by atoms with Crippen molar-refractivity contribution in [3.8, 4) is 0 Å². The Labute approximate surface area is 100 Å². The van der Waals surface area contributed by atoms with Gasteiger partial charge in [-0.05, 0) is 24.6 Å². The molecule has 0 unspecified atom stereocenters. The number of benzene rings is 1. The highest BCUT2D eigenvalue weighted by molar-refractivity contribution is 7.89. The molecule has 0 saturated carbocycles. The smallest absolute Gasteiger partial charge is 0.249 e. The van der Waals surface area contributed by atoms with Gasteiger partial charge in [0.15, 0.2) is 0 Å².